The molecule has 1 atom stereocenters. The quantitative estimate of drug-likeness (QED) is 0.466. The zero-order valence-corrected chi connectivity index (χ0v) is 16.4. The Morgan fingerprint density at radius 2 is 2.04 bits per heavy atom. The molecule has 0 aliphatic rings. The van der Waals surface area contributed by atoms with E-state index in [0.29, 0.717) is 5.52 Å². The van der Waals surface area contributed by atoms with Gasteiger partial charge in [0.15, 0.2) is 0 Å². The average molecular weight is 416 g/mol. The fourth-order valence-corrected chi connectivity index (χ4v) is 5.04. The van der Waals surface area contributed by atoms with Gasteiger partial charge < -0.3 is 9.72 Å². The van der Waals surface area contributed by atoms with Crippen LogP contribution < -0.4 is 4.72 Å². The number of aromatic amines is 1. The van der Waals surface area contributed by atoms with Gasteiger partial charge in [0.2, 0.25) is 10.0 Å². The highest BCUT2D eigenvalue weighted by atomic mass is 32.2. The number of sulfonamides is 1. The summed E-state index contributed by atoms with van der Waals surface area (Å²) in [5, 5.41) is 0.918. The van der Waals surface area contributed by atoms with Crippen LogP contribution >= 0.6 is 11.7 Å². The Bertz CT molecular complexity index is 1260. The lowest BCUT2D eigenvalue weighted by Gasteiger charge is -2.16. The van der Waals surface area contributed by atoms with E-state index in [9.17, 15) is 13.2 Å². The first-order valence-corrected chi connectivity index (χ1v) is 10.6. The lowest BCUT2D eigenvalue weighted by Crippen LogP contribution is -2.43. The predicted molar refractivity (Wildman–Crippen MR) is 106 cm³/mol. The molecule has 4 aromatic rings. The third-order valence-electron chi connectivity index (χ3n) is 4.42. The number of nitrogens with zero attached hydrogens (tertiary/aromatic N) is 2. The van der Waals surface area contributed by atoms with Crippen LogP contribution in [0.15, 0.2) is 53.6 Å². The molecule has 2 aromatic heterocycles. The summed E-state index contributed by atoms with van der Waals surface area (Å²) in [6, 6.07) is 11.2. The van der Waals surface area contributed by atoms with Gasteiger partial charge in [0.25, 0.3) is 0 Å². The first kappa shape index (κ1) is 18.5. The van der Waals surface area contributed by atoms with E-state index in [2.05, 4.69) is 18.5 Å². The highest BCUT2D eigenvalue weighted by Gasteiger charge is 2.29. The van der Waals surface area contributed by atoms with Crippen LogP contribution in [0.25, 0.3) is 21.9 Å². The summed E-state index contributed by atoms with van der Waals surface area (Å²) in [6.45, 7) is 0. The highest BCUT2D eigenvalue weighted by Crippen LogP contribution is 2.23. The van der Waals surface area contributed by atoms with E-state index in [1.165, 1.54) is 13.2 Å². The van der Waals surface area contributed by atoms with Gasteiger partial charge in [-0.1, -0.05) is 24.3 Å². The summed E-state index contributed by atoms with van der Waals surface area (Å²) >= 11 is 0.930. The molecule has 28 heavy (non-hydrogen) atoms. The zero-order chi connectivity index (χ0) is 19.7. The maximum atomic E-state index is 13.0. The van der Waals surface area contributed by atoms with Crippen molar-refractivity contribution < 1.29 is 17.9 Å². The van der Waals surface area contributed by atoms with Gasteiger partial charge in [-0.05, 0) is 23.8 Å². The molecule has 0 amide bonds. The minimum Gasteiger partial charge on any atom is -0.468 e. The van der Waals surface area contributed by atoms with Gasteiger partial charge in [-0.2, -0.15) is 13.5 Å². The molecule has 8 nitrogen and oxygen atoms in total. The number of para-hydroxylation sites is 1. The Morgan fingerprint density at radius 1 is 1.21 bits per heavy atom. The van der Waals surface area contributed by atoms with Crippen molar-refractivity contribution >= 4 is 49.7 Å². The Labute approximate surface area is 164 Å². The monoisotopic (exact) mass is 416 g/mol. The van der Waals surface area contributed by atoms with Crippen molar-refractivity contribution in [2.24, 2.45) is 0 Å². The Balaban J connectivity index is 1.68. The first-order valence-electron chi connectivity index (χ1n) is 8.36. The van der Waals surface area contributed by atoms with Crippen LogP contribution in [0, 0.1) is 0 Å². The minimum atomic E-state index is -4.02. The fourth-order valence-electron chi connectivity index (χ4n) is 3.08. The molecule has 4 rings (SSSR count). The van der Waals surface area contributed by atoms with Crippen molar-refractivity contribution in [3.63, 3.8) is 0 Å². The predicted octanol–water partition coefficient (Wildman–Crippen LogP) is 2.24. The van der Waals surface area contributed by atoms with Crippen LogP contribution in [0.4, 0.5) is 0 Å². The Kier molecular flexibility index (Phi) is 4.84. The maximum Gasteiger partial charge on any atom is 0.324 e. The number of methoxy groups -OCH3 is 1. The molecule has 0 saturated heterocycles. The maximum absolute atomic E-state index is 13.0. The molecular formula is C18H16N4O4S2. The lowest BCUT2D eigenvalue weighted by molar-refractivity contribution is -0.142. The standard InChI is InChI=1S/C18H16N4O4S2/c1-26-18(23)15(9-11-10-19-13-6-3-2-5-12(11)13)22-28(24,25)16-8-4-7-14-17(16)21-27-20-14/h2-8,10,15,19,22H,9H2,1H3/t15-/m1/s1. The molecule has 0 radical (unpaired) electrons. The Hall–Kier alpha value is -2.82. The number of carbonyl (C=O) groups excluding carboxylic acids is 1. The molecular weight excluding hydrogens is 400 g/mol. The number of rotatable bonds is 6. The largest absolute Gasteiger partial charge is 0.468 e. The molecule has 10 heteroatoms. The summed E-state index contributed by atoms with van der Waals surface area (Å²) in [7, 11) is -2.80. The second kappa shape index (κ2) is 7.30. The van der Waals surface area contributed by atoms with Crippen molar-refractivity contribution in [1.82, 2.24) is 18.5 Å². The van der Waals surface area contributed by atoms with Crippen LogP contribution in [-0.2, 0) is 26.0 Å². The summed E-state index contributed by atoms with van der Waals surface area (Å²) in [4.78, 5) is 15.4. The van der Waals surface area contributed by atoms with Crippen LogP contribution in [0.3, 0.4) is 0 Å². The molecule has 0 aliphatic carbocycles. The third kappa shape index (κ3) is 3.37. The van der Waals surface area contributed by atoms with Gasteiger partial charge in [-0.15, -0.1) is 0 Å². The normalized spacial score (nSPS) is 13.0. The topological polar surface area (TPSA) is 114 Å². The molecule has 0 unspecified atom stereocenters. The molecule has 0 bridgehead atoms. The number of hydrogen-bond acceptors (Lipinski definition) is 7. The fraction of sp³-hybridized carbons (Fsp3) is 0.167. The van der Waals surface area contributed by atoms with Crippen LogP contribution in [0.1, 0.15) is 5.56 Å². The summed E-state index contributed by atoms with van der Waals surface area (Å²) in [6.07, 6.45) is 1.90. The molecule has 2 N–H and O–H groups in total. The van der Waals surface area contributed by atoms with E-state index in [1.807, 2.05) is 24.3 Å². The molecule has 0 spiro atoms. The molecule has 0 saturated carbocycles. The number of aromatic nitrogens is 3. The number of ether oxygens (including phenoxy) is 1. The van der Waals surface area contributed by atoms with Gasteiger partial charge in [0.05, 0.1) is 18.8 Å². The molecule has 0 aliphatic heterocycles. The molecule has 144 valence electrons. The van der Waals surface area contributed by atoms with E-state index in [1.54, 1.807) is 18.3 Å². The van der Waals surface area contributed by atoms with Crippen molar-refractivity contribution in [2.45, 2.75) is 17.4 Å². The van der Waals surface area contributed by atoms with Gasteiger partial charge in [-0.25, -0.2) is 8.42 Å². The lowest BCUT2D eigenvalue weighted by atomic mass is 10.1. The summed E-state index contributed by atoms with van der Waals surface area (Å²) in [5.41, 5.74) is 2.47. The van der Waals surface area contributed by atoms with Crippen molar-refractivity contribution in [3.05, 3.63) is 54.2 Å². The second-order valence-electron chi connectivity index (χ2n) is 6.15. The van der Waals surface area contributed by atoms with Crippen molar-refractivity contribution in [2.75, 3.05) is 7.11 Å². The number of carbonyl (C=O) groups is 1. The molecule has 0 fully saturated rings. The summed E-state index contributed by atoms with van der Waals surface area (Å²) < 4.78 is 41.4. The van der Waals surface area contributed by atoms with E-state index in [4.69, 9.17) is 4.74 Å². The average Bonchev–Trinajstić information content (AvgIpc) is 3.33. The van der Waals surface area contributed by atoms with Gasteiger partial charge >= 0.3 is 5.97 Å². The van der Waals surface area contributed by atoms with E-state index < -0.39 is 22.0 Å². The zero-order valence-electron chi connectivity index (χ0n) is 14.7. The van der Waals surface area contributed by atoms with E-state index in [-0.39, 0.29) is 16.8 Å². The number of fused-ring (bicyclic) bond motifs is 2. The van der Waals surface area contributed by atoms with Crippen molar-refractivity contribution in [1.29, 1.82) is 0 Å². The van der Waals surface area contributed by atoms with Gasteiger partial charge in [0, 0.05) is 23.5 Å². The highest BCUT2D eigenvalue weighted by molar-refractivity contribution is 7.89. The van der Waals surface area contributed by atoms with Crippen LogP contribution in [0.5, 0.6) is 0 Å². The SMILES string of the molecule is COC(=O)[C@@H](Cc1c[nH]c2ccccc12)NS(=O)(=O)c1cccc2nsnc12. The number of hydrogen-bond donors (Lipinski definition) is 2. The summed E-state index contributed by atoms with van der Waals surface area (Å²) in [5.74, 6) is -0.669. The number of benzene rings is 2. The number of esters is 1. The smallest absolute Gasteiger partial charge is 0.324 e. The minimum absolute atomic E-state index is 0.0217. The van der Waals surface area contributed by atoms with Crippen molar-refractivity contribution in [3.8, 4) is 0 Å². The molecule has 2 aromatic carbocycles. The van der Waals surface area contributed by atoms with Gasteiger partial charge in [-0.3, -0.25) is 4.79 Å². The van der Waals surface area contributed by atoms with Crippen LogP contribution in [-0.4, -0.2) is 41.3 Å². The van der Waals surface area contributed by atoms with E-state index in [0.717, 1.165) is 28.2 Å². The Morgan fingerprint density at radius 3 is 2.86 bits per heavy atom. The number of H-pyrrole nitrogens is 1. The molecule has 2 heterocycles. The third-order valence-corrected chi connectivity index (χ3v) is 6.47. The van der Waals surface area contributed by atoms with Crippen LogP contribution in [0.2, 0.25) is 0 Å². The van der Waals surface area contributed by atoms with Gasteiger partial charge in [0.1, 0.15) is 22.0 Å². The number of nitrogens with one attached hydrogen (secondary N) is 2. The second-order valence-corrected chi connectivity index (χ2v) is 8.36. The first-order chi connectivity index (χ1) is 13.5. The van der Waals surface area contributed by atoms with E-state index >= 15 is 0 Å².